The van der Waals surface area contributed by atoms with Crippen LogP contribution in [0.25, 0.3) is 5.69 Å². The maximum absolute atomic E-state index is 6.93. The summed E-state index contributed by atoms with van der Waals surface area (Å²) in [7, 11) is 4.05. The number of aromatic nitrogens is 2. The number of methoxy groups -OCH3 is 1. The average molecular weight is 414 g/mol. The summed E-state index contributed by atoms with van der Waals surface area (Å²) in [4.78, 5) is 2.58. The minimum absolute atomic E-state index is 0.000632. The Morgan fingerprint density at radius 2 is 1.97 bits per heavy atom. The molecular weight excluding hydrogens is 386 g/mol. The first kappa shape index (κ1) is 17.8. The highest BCUT2D eigenvalue weighted by atomic mass is 16.5. The monoisotopic (exact) mass is 413 g/mol. The lowest BCUT2D eigenvalue weighted by molar-refractivity contribution is -0.0265. The van der Waals surface area contributed by atoms with Crippen LogP contribution in [0.2, 0.25) is 0 Å². The predicted molar refractivity (Wildman–Crippen MR) is 118 cm³/mol. The summed E-state index contributed by atoms with van der Waals surface area (Å²) in [6.07, 6.45) is 3.25. The van der Waals surface area contributed by atoms with Crippen molar-refractivity contribution in [3.05, 3.63) is 70.5 Å². The van der Waals surface area contributed by atoms with Crippen LogP contribution in [-0.2, 0) is 18.3 Å². The zero-order valence-corrected chi connectivity index (χ0v) is 18.3. The Kier molecular flexibility index (Phi) is 3.41. The molecule has 4 aliphatic rings. The van der Waals surface area contributed by atoms with Crippen LogP contribution in [0, 0.1) is 12.8 Å². The van der Waals surface area contributed by atoms with E-state index in [1.165, 1.54) is 22.4 Å². The van der Waals surface area contributed by atoms with Gasteiger partial charge in [-0.05, 0) is 69.5 Å². The largest absolute Gasteiger partial charge is 0.493 e. The normalized spacial score (nSPS) is 29.8. The van der Waals surface area contributed by atoms with Crippen molar-refractivity contribution in [3.8, 4) is 17.2 Å². The van der Waals surface area contributed by atoms with Crippen molar-refractivity contribution in [2.75, 3.05) is 20.7 Å². The third-order valence-corrected chi connectivity index (χ3v) is 8.49. The van der Waals surface area contributed by atoms with Crippen LogP contribution in [0.15, 0.2) is 42.5 Å². The Bertz CT molecular complexity index is 1220. The third kappa shape index (κ3) is 2.03. The van der Waals surface area contributed by atoms with Crippen molar-refractivity contribution in [1.82, 2.24) is 14.7 Å². The van der Waals surface area contributed by atoms with Crippen molar-refractivity contribution in [3.63, 3.8) is 0 Å². The van der Waals surface area contributed by atoms with Gasteiger partial charge in [-0.1, -0.05) is 24.3 Å². The van der Waals surface area contributed by atoms with Crippen molar-refractivity contribution >= 4 is 0 Å². The standard InChI is InChI=1S/C26H27N3O2/c1-15-18-14-19-20-13-16-9-10-21(30-3)24-22(16)26(19,11-12-28(20)2)25(31-24)23(18)29(27-15)17-7-5-4-6-8-17/h4-10,19-20,25H,11-14H2,1-3H3/t19-,20-,25-,26-/m0/s1. The molecule has 0 amide bonds. The van der Waals surface area contributed by atoms with Crippen LogP contribution in [0.4, 0.5) is 0 Å². The number of benzene rings is 2. The van der Waals surface area contributed by atoms with Gasteiger partial charge >= 0.3 is 0 Å². The molecule has 31 heavy (non-hydrogen) atoms. The molecule has 2 aliphatic heterocycles. The van der Waals surface area contributed by atoms with Crippen molar-refractivity contribution in [2.45, 2.75) is 43.7 Å². The van der Waals surface area contributed by atoms with Gasteiger partial charge in [0.05, 0.1) is 24.2 Å². The molecule has 1 saturated heterocycles. The molecule has 3 heterocycles. The zero-order valence-electron chi connectivity index (χ0n) is 18.3. The number of likely N-dealkylation sites (tertiary alicyclic amines) is 1. The second kappa shape index (κ2) is 5.92. The minimum Gasteiger partial charge on any atom is -0.493 e. The molecule has 7 rings (SSSR count). The van der Waals surface area contributed by atoms with Gasteiger partial charge in [0.1, 0.15) is 0 Å². The van der Waals surface area contributed by atoms with Gasteiger partial charge in [0, 0.05) is 22.6 Å². The lowest BCUT2D eigenvalue weighted by Crippen LogP contribution is -2.62. The first-order valence-corrected chi connectivity index (χ1v) is 11.3. The van der Waals surface area contributed by atoms with E-state index in [4.69, 9.17) is 14.6 Å². The lowest BCUT2D eigenvalue weighted by Gasteiger charge is -2.57. The Labute approximate surface area is 182 Å². The number of rotatable bonds is 2. The number of piperidine rings is 1. The Morgan fingerprint density at radius 1 is 1.13 bits per heavy atom. The molecule has 0 saturated carbocycles. The molecule has 5 nitrogen and oxygen atoms in total. The average Bonchev–Trinajstić information content (AvgIpc) is 3.31. The number of hydrogen-bond donors (Lipinski definition) is 0. The van der Waals surface area contributed by atoms with E-state index in [1.54, 1.807) is 7.11 Å². The van der Waals surface area contributed by atoms with E-state index in [-0.39, 0.29) is 11.5 Å². The van der Waals surface area contributed by atoms with Crippen LogP contribution in [0.5, 0.6) is 11.5 Å². The number of likely N-dealkylation sites (N-methyl/N-ethyl adjacent to an activating group) is 1. The molecule has 1 fully saturated rings. The van der Waals surface area contributed by atoms with E-state index in [0.717, 1.165) is 48.7 Å². The van der Waals surface area contributed by atoms with Gasteiger partial charge < -0.3 is 14.4 Å². The highest BCUT2D eigenvalue weighted by molar-refractivity contribution is 5.63. The summed E-state index contributed by atoms with van der Waals surface area (Å²) in [6, 6.07) is 15.4. The molecule has 2 aliphatic carbocycles. The molecule has 1 aromatic heterocycles. The van der Waals surface area contributed by atoms with Gasteiger partial charge in [0.25, 0.3) is 0 Å². The molecule has 1 spiro atoms. The number of para-hydroxylation sites is 1. The Morgan fingerprint density at radius 3 is 2.77 bits per heavy atom. The van der Waals surface area contributed by atoms with Gasteiger partial charge in [-0.2, -0.15) is 5.10 Å². The van der Waals surface area contributed by atoms with Crippen molar-refractivity contribution < 1.29 is 9.47 Å². The molecule has 0 unspecified atom stereocenters. The summed E-state index contributed by atoms with van der Waals surface area (Å²) >= 11 is 0. The molecule has 0 radical (unpaired) electrons. The first-order valence-electron chi connectivity index (χ1n) is 11.3. The topological polar surface area (TPSA) is 39.5 Å². The van der Waals surface area contributed by atoms with Gasteiger partial charge in [-0.25, -0.2) is 4.68 Å². The second-order valence-electron chi connectivity index (χ2n) is 9.68. The van der Waals surface area contributed by atoms with Crippen molar-refractivity contribution in [2.24, 2.45) is 5.92 Å². The van der Waals surface area contributed by atoms with Gasteiger partial charge in [-0.15, -0.1) is 0 Å². The quantitative estimate of drug-likeness (QED) is 0.637. The number of ether oxygens (including phenoxy) is 2. The Balaban J connectivity index is 1.53. The van der Waals surface area contributed by atoms with E-state index in [9.17, 15) is 0 Å². The van der Waals surface area contributed by atoms with E-state index in [2.05, 4.69) is 66.0 Å². The van der Waals surface area contributed by atoms with E-state index >= 15 is 0 Å². The summed E-state index contributed by atoms with van der Waals surface area (Å²) < 4.78 is 14.9. The van der Waals surface area contributed by atoms with Crippen LogP contribution < -0.4 is 9.47 Å². The highest BCUT2D eigenvalue weighted by Crippen LogP contribution is 2.67. The van der Waals surface area contributed by atoms with Crippen LogP contribution in [0.1, 0.15) is 40.6 Å². The number of aryl methyl sites for hydroxylation is 1. The van der Waals surface area contributed by atoms with Gasteiger partial charge in [0.15, 0.2) is 17.6 Å². The van der Waals surface area contributed by atoms with Crippen molar-refractivity contribution in [1.29, 1.82) is 0 Å². The predicted octanol–water partition coefficient (Wildman–Crippen LogP) is 3.99. The number of fused-ring (bicyclic) bond motifs is 2. The summed E-state index contributed by atoms with van der Waals surface area (Å²) in [6.45, 7) is 3.26. The maximum atomic E-state index is 6.93. The molecule has 0 N–H and O–H groups in total. The van der Waals surface area contributed by atoms with E-state index < -0.39 is 0 Å². The number of hydrogen-bond acceptors (Lipinski definition) is 4. The lowest BCUT2D eigenvalue weighted by atomic mass is 9.51. The maximum Gasteiger partial charge on any atom is 0.166 e. The molecule has 3 aromatic rings. The van der Waals surface area contributed by atoms with E-state index in [1.807, 2.05) is 0 Å². The highest BCUT2D eigenvalue weighted by Gasteiger charge is 2.65. The zero-order chi connectivity index (χ0) is 20.9. The smallest absolute Gasteiger partial charge is 0.166 e. The minimum atomic E-state index is -0.0239. The van der Waals surface area contributed by atoms with Gasteiger partial charge in [-0.3, -0.25) is 0 Å². The first-order chi connectivity index (χ1) is 15.1. The summed E-state index contributed by atoms with van der Waals surface area (Å²) in [5.74, 6) is 2.38. The Hall–Kier alpha value is -2.79. The summed E-state index contributed by atoms with van der Waals surface area (Å²) in [5, 5.41) is 5.04. The van der Waals surface area contributed by atoms with E-state index in [0.29, 0.717) is 12.0 Å². The fourth-order valence-corrected chi connectivity index (χ4v) is 7.14. The second-order valence-corrected chi connectivity index (χ2v) is 9.68. The van der Waals surface area contributed by atoms with Gasteiger partial charge in [0.2, 0.25) is 0 Å². The molecule has 158 valence electrons. The molecular formula is C26H27N3O2. The fraction of sp³-hybridized carbons (Fsp3) is 0.423. The van der Waals surface area contributed by atoms with Crippen LogP contribution in [0.3, 0.4) is 0 Å². The fourth-order valence-electron chi connectivity index (χ4n) is 7.14. The number of nitrogens with zero attached hydrogens (tertiary/aromatic N) is 3. The molecule has 4 atom stereocenters. The summed E-state index contributed by atoms with van der Waals surface area (Å²) in [5.41, 5.74) is 7.73. The van der Waals surface area contributed by atoms with Crippen LogP contribution in [-0.4, -0.2) is 41.4 Å². The third-order valence-electron chi connectivity index (χ3n) is 8.49. The SMILES string of the molecule is COc1ccc2c3c1O[C@H]1c4c(c(C)nn4-c4ccccc4)C[C@H]4[C@H](C2)N(C)CC[C@]314. The molecule has 5 heteroatoms. The van der Waals surface area contributed by atoms with Crippen LogP contribution >= 0.6 is 0 Å². The molecule has 2 aromatic carbocycles. The molecule has 2 bridgehead atoms.